The van der Waals surface area contributed by atoms with E-state index in [9.17, 15) is 4.79 Å². The van der Waals surface area contributed by atoms with Crippen molar-refractivity contribution in [1.82, 2.24) is 9.97 Å². The lowest BCUT2D eigenvalue weighted by Crippen LogP contribution is -2.15. The van der Waals surface area contributed by atoms with Crippen molar-refractivity contribution >= 4 is 39.0 Å². The van der Waals surface area contributed by atoms with Crippen molar-refractivity contribution in [3.05, 3.63) is 76.2 Å². The quantitative estimate of drug-likeness (QED) is 0.661. The molecule has 0 aliphatic carbocycles. The van der Waals surface area contributed by atoms with Gasteiger partial charge in [0.2, 0.25) is 0 Å². The minimum Gasteiger partial charge on any atom is -0.338 e. The van der Waals surface area contributed by atoms with Crippen LogP contribution >= 0.6 is 15.9 Å². The number of para-hydroxylation sites is 1. The van der Waals surface area contributed by atoms with E-state index >= 15 is 0 Å². The molecule has 0 unspecified atom stereocenters. The van der Waals surface area contributed by atoms with Gasteiger partial charge in [-0.2, -0.15) is 0 Å². The van der Waals surface area contributed by atoms with Gasteiger partial charge in [-0.05, 0) is 59.1 Å². The molecule has 0 bridgehead atoms. The summed E-state index contributed by atoms with van der Waals surface area (Å²) in [6.07, 6.45) is 3.00. The van der Waals surface area contributed by atoms with Crippen molar-refractivity contribution in [2.45, 2.75) is 13.8 Å². The largest absolute Gasteiger partial charge is 0.338 e. The average molecular weight is 397 g/mol. The molecule has 1 amide bonds. The first-order valence-electron chi connectivity index (χ1n) is 7.76. The minimum atomic E-state index is -0.284. The Kier molecular flexibility index (Phi) is 5.09. The number of aromatic nitrogens is 2. The van der Waals surface area contributed by atoms with Crippen LogP contribution in [0.5, 0.6) is 0 Å². The highest BCUT2D eigenvalue weighted by molar-refractivity contribution is 9.10. The van der Waals surface area contributed by atoms with Gasteiger partial charge < -0.3 is 10.6 Å². The Labute approximate surface area is 154 Å². The number of benzene rings is 2. The molecule has 1 aromatic heterocycles. The van der Waals surface area contributed by atoms with Crippen LogP contribution in [-0.4, -0.2) is 15.9 Å². The molecule has 3 aromatic rings. The van der Waals surface area contributed by atoms with Crippen LogP contribution in [0.4, 0.5) is 17.2 Å². The van der Waals surface area contributed by atoms with E-state index in [1.807, 2.05) is 56.3 Å². The van der Waals surface area contributed by atoms with Crippen LogP contribution in [0.3, 0.4) is 0 Å². The Bertz CT molecular complexity index is 910. The predicted molar refractivity (Wildman–Crippen MR) is 103 cm³/mol. The van der Waals surface area contributed by atoms with E-state index in [1.165, 1.54) is 12.4 Å². The maximum atomic E-state index is 12.4. The molecule has 0 fully saturated rings. The maximum absolute atomic E-state index is 12.4. The highest BCUT2D eigenvalue weighted by atomic mass is 79.9. The Balaban J connectivity index is 1.72. The molecule has 0 aliphatic heterocycles. The molecule has 0 radical (unpaired) electrons. The van der Waals surface area contributed by atoms with Gasteiger partial charge in [-0.15, -0.1) is 0 Å². The number of rotatable bonds is 4. The third-order valence-electron chi connectivity index (χ3n) is 3.87. The summed E-state index contributed by atoms with van der Waals surface area (Å²) < 4.78 is 0.925. The molecule has 2 N–H and O–H groups in total. The van der Waals surface area contributed by atoms with Crippen molar-refractivity contribution in [3.63, 3.8) is 0 Å². The fraction of sp³-hybridized carbons (Fsp3) is 0.105. The highest BCUT2D eigenvalue weighted by Crippen LogP contribution is 2.24. The van der Waals surface area contributed by atoms with Crippen LogP contribution in [0.15, 0.2) is 59.3 Å². The molecule has 0 spiro atoms. The van der Waals surface area contributed by atoms with Gasteiger partial charge in [0.05, 0.1) is 18.1 Å². The molecule has 0 aliphatic rings. The molecule has 0 atom stereocenters. The molecule has 3 rings (SSSR count). The number of hydrogen-bond donors (Lipinski definition) is 2. The molecule has 0 saturated carbocycles. The van der Waals surface area contributed by atoms with Gasteiger partial charge in [0.1, 0.15) is 11.5 Å². The summed E-state index contributed by atoms with van der Waals surface area (Å²) in [5.74, 6) is 0.281. The van der Waals surface area contributed by atoms with Crippen molar-refractivity contribution in [2.24, 2.45) is 0 Å². The van der Waals surface area contributed by atoms with Crippen LogP contribution in [0, 0.1) is 13.8 Å². The Morgan fingerprint density at radius 2 is 1.72 bits per heavy atom. The van der Waals surface area contributed by atoms with E-state index in [2.05, 4.69) is 36.5 Å². The van der Waals surface area contributed by atoms with Crippen LogP contribution in [0.2, 0.25) is 0 Å². The second kappa shape index (κ2) is 7.44. The van der Waals surface area contributed by atoms with Crippen molar-refractivity contribution in [3.8, 4) is 0 Å². The molecule has 25 heavy (non-hydrogen) atoms. The number of aryl methyl sites for hydroxylation is 1. The number of halogens is 1. The van der Waals surface area contributed by atoms with E-state index < -0.39 is 0 Å². The lowest BCUT2D eigenvalue weighted by atomic mass is 10.1. The number of hydrogen-bond acceptors (Lipinski definition) is 4. The monoisotopic (exact) mass is 396 g/mol. The smallest absolute Gasteiger partial charge is 0.275 e. The lowest BCUT2D eigenvalue weighted by molar-refractivity contribution is 0.102. The number of amides is 1. The van der Waals surface area contributed by atoms with Crippen LogP contribution in [0.25, 0.3) is 0 Å². The zero-order valence-electron chi connectivity index (χ0n) is 13.9. The van der Waals surface area contributed by atoms with Crippen LogP contribution in [0.1, 0.15) is 21.6 Å². The summed E-state index contributed by atoms with van der Waals surface area (Å²) in [4.78, 5) is 20.8. The van der Waals surface area contributed by atoms with Crippen molar-refractivity contribution in [1.29, 1.82) is 0 Å². The minimum absolute atomic E-state index is 0.263. The predicted octanol–water partition coefficient (Wildman–Crippen LogP) is 4.85. The Hall–Kier alpha value is -2.73. The van der Waals surface area contributed by atoms with E-state index in [0.29, 0.717) is 5.82 Å². The Morgan fingerprint density at radius 1 is 0.960 bits per heavy atom. The maximum Gasteiger partial charge on any atom is 0.275 e. The molecular weight excluding hydrogens is 380 g/mol. The molecule has 5 nitrogen and oxygen atoms in total. The highest BCUT2D eigenvalue weighted by Gasteiger charge is 2.11. The van der Waals surface area contributed by atoms with Crippen LogP contribution < -0.4 is 10.6 Å². The third-order valence-corrected chi connectivity index (χ3v) is 4.57. The zero-order chi connectivity index (χ0) is 17.8. The number of carbonyl (C=O) groups excluding carboxylic acids is 1. The van der Waals surface area contributed by atoms with E-state index in [4.69, 9.17) is 0 Å². The lowest BCUT2D eigenvalue weighted by Gasteiger charge is -2.10. The summed E-state index contributed by atoms with van der Waals surface area (Å²) in [5.41, 5.74) is 4.08. The second-order valence-electron chi connectivity index (χ2n) is 5.59. The standard InChI is InChI=1S/C19H17BrN4O/c1-12-6-5-9-15(13(12)2)24-19(25)17-10-22-18(11-21-17)23-16-8-4-3-7-14(16)20/h3-11H,1-2H3,(H,22,23)(H,24,25). The van der Waals surface area contributed by atoms with Crippen molar-refractivity contribution < 1.29 is 4.79 Å². The molecule has 0 saturated heterocycles. The first-order valence-corrected chi connectivity index (χ1v) is 8.55. The fourth-order valence-electron chi connectivity index (χ4n) is 2.28. The molecular formula is C19H17BrN4O. The summed E-state index contributed by atoms with van der Waals surface area (Å²) >= 11 is 3.47. The summed E-state index contributed by atoms with van der Waals surface area (Å²) in [6.45, 7) is 3.98. The van der Waals surface area contributed by atoms with Crippen LogP contribution in [-0.2, 0) is 0 Å². The average Bonchev–Trinajstić information content (AvgIpc) is 2.61. The van der Waals surface area contributed by atoms with Gasteiger partial charge in [0.25, 0.3) is 5.91 Å². The number of nitrogens with one attached hydrogen (secondary N) is 2. The fourth-order valence-corrected chi connectivity index (χ4v) is 2.67. The Morgan fingerprint density at radius 3 is 2.44 bits per heavy atom. The van der Waals surface area contributed by atoms with Crippen molar-refractivity contribution in [2.75, 3.05) is 10.6 Å². The topological polar surface area (TPSA) is 66.9 Å². The summed E-state index contributed by atoms with van der Waals surface area (Å²) in [5, 5.41) is 6.03. The van der Waals surface area contributed by atoms with Gasteiger partial charge in [0, 0.05) is 10.2 Å². The zero-order valence-corrected chi connectivity index (χ0v) is 15.5. The van der Waals surface area contributed by atoms with Gasteiger partial charge >= 0.3 is 0 Å². The molecule has 1 heterocycles. The molecule has 6 heteroatoms. The summed E-state index contributed by atoms with van der Waals surface area (Å²) in [7, 11) is 0. The van der Waals surface area contributed by atoms with Gasteiger partial charge in [-0.1, -0.05) is 24.3 Å². The van der Waals surface area contributed by atoms with Gasteiger partial charge in [-0.25, -0.2) is 9.97 Å². The molecule has 2 aromatic carbocycles. The summed E-state index contributed by atoms with van der Waals surface area (Å²) in [6, 6.07) is 13.5. The van der Waals surface area contributed by atoms with E-state index in [-0.39, 0.29) is 11.6 Å². The number of nitrogens with zero attached hydrogens (tertiary/aromatic N) is 2. The second-order valence-corrected chi connectivity index (χ2v) is 6.45. The molecule has 126 valence electrons. The number of carbonyl (C=O) groups is 1. The van der Waals surface area contributed by atoms with Gasteiger partial charge in [-0.3, -0.25) is 4.79 Å². The first kappa shape index (κ1) is 17.1. The first-order chi connectivity index (χ1) is 12.0. The van der Waals surface area contributed by atoms with E-state index in [1.54, 1.807) is 0 Å². The van der Waals surface area contributed by atoms with Gasteiger partial charge in [0.15, 0.2) is 0 Å². The normalized spacial score (nSPS) is 10.4. The number of anilines is 3. The third kappa shape index (κ3) is 4.03. The SMILES string of the molecule is Cc1cccc(NC(=O)c2cnc(Nc3ccccc3Br)cn2)c1C. The van der Waals surface area contributed by atoms with E-state index in [0.717, 1.165) is 27.0 Å².